The molecule has 0 saturated heterocycles. The predicted octanol–water partition coefficient (Wildman–Crippen LogP) is 2.79. The summed E-state index contributed by atoms with van der Waals surface area (Å²) in [6.07, 6.45) is 0.887. The van der Waals surface area contributed by atoms with Crippen molar-refractivity contribution in [3.63, 3.8) is 0 Å². The standard InChI is InChI=1S/C12H11N3OS.C2H4O2/c1-2-9-15-10-11(17-9)7-4-3-6(16)5-8(7)14-12(10)13;1-2(3)4/h3-5,16H,2H2,1H3,(H2,13,14);1H3,(H,3,4). The number of aromatic hydroxyl groups is 1. The molecule has 0 radical (unpaired) electrons. The molecule has 0 aliphatic rings. The number of carbonyl (C=O) groups is 1. The van der Waals surface area contributed by atoms with Crippen molar-refractivity contribution in [2.45, 2.75) is 20.3 Å². The maximum absolute atomic E-state index is 9.45. The molecule has 0 spiro atoms. The Hall–Kier alpha value is -2.41. The van der Waals surface area contributed by atoms with E-state index in [1.807, 2.05) is 6.07 Å². The number of aryl methyl sites for hydroxylation is 1. The van der Waals surface area contributed by atoms with E-state index in [1.165, 1.54) is 0 Å². The van der Waals surface area contributed by atoms with E-state index < -0.39 is 5.97 Å². The molecule has 0 bridgehead atoms. The SMILES string of the molecule is CC(=O)O.CCc1nc2c(N)nc3cc(O)ccc3c2s1. The Bertz CT molecular complexity index is 810. The first kappa shape index (κ1) is 15.0. The van der Waals surface area contributed by atoms with Gasteiger partial charge in [-0.25, -0.2) is 9.97 Å². The fraction of sp³-hybridized carbons (Fsp3) is 0.214. The lowest BCUT2D eigenvalue weighted by Crippen LogP contribution is -1.92. The van der Waals surface area contributed by atoms with E-state index in [9.17, 15) is 5.11 Å². The Morgan fingerprint density at radius 2 is 2.05 bits per heavy atom. The second-order valence-corrected chi connectivity index (χ2v) is 5.44. The fourth-order valence-electron chi connectivity index (χ4n) is 1.86. The summed E-state index contributed by atoms with van der Waals surface area (Å²) in [4.78, 5) is 17.7. The molecule has 3 aromatic rings. The number of phenols is 1. The fourth-order valence-corrected chi connectivity index (χ4v) is 2.91. The van der Waals surface area contributed by atoms with E-state index in [0.29, 0.717) is 11.3 Å². The van der Waals surface area contributed by atoms with E-state index in [4.69, 9.17) is 15.6 Å². The molecule has 0 amide bonds. The highest BCUT2D eigenvalue weighted by Crippen LogP contribution is 2.33. The van der Waals surface area contributed by atoms with Crippen LogP contribution in [0.25, 0.3) is 21.1 Å². The Labute approximate surface area is 124 Å². The number of pyridine rings is 1. The second-order valence-electron chi connectivity index (χ2n) is 4.36. The molecule has 2 aromatic heterocycles. The molecule has 0 saturated carbocycles. The van der Waals surface area contributed by atoms with Gasteiger partial charge in [0.05, 0.1) is 15.2 Å². The summed E-state index contributed by atoms with van der Waals surface area (Å²) in [5, 5.41) is 18.9. The molecule has 4 N–H and O–H groups in total. The highest BCUT2D eigenvalue weighted by atomic mass is 32.1. The Balaban J connectivity index is 0.000000361. The quantitative estimate of drug-likeness (QED) is 0.637. The van der Waals surface area contributed by atoms with Crippen molar-refractivity contribution in [2.75, 3.05) is 5.73 Å². The van der Waals surface area contributed by atoms with E-state index in [-0.39, 0.29) is 5.75 Å². The second kappa shape index (κ2) is 5.92. The van der Waals surface area contributed by atoms with E-state index in [2.05, 4.69) is 16.9 Å². The number of rotatable bonds is 1. The molecule has 110 valence electrons. The average molecular weight is 305 g/mol. The van der Waals surface area contributed by atoms with Crippen LogP contribution in [0.4, 0.5) is 5.82 Å². The van der Waals surface area contributed by atoms with Crippen LogP contribution in [0.5, 0.6) is 5.75 Å². The van der Waals surface area contributed by atoms with Crippen molar-refractivity contribution in [3.05, 3.63) is 23.2 Å². The van der Waals surface area contributed by atoms with Gasteiger partial charge in [-0.05, 0) is 18.6 Å². The number of benzene rings is 1. The third-order valence-electron chi connectivity index (χ3n) is 2.68. The van der Waals surface area contributed by atoms with Gasteiger partial charge >= 0.3 is 0 Å². The summed E-state index contributed by atoms with van der Waals surface area (Å²) in [7, 11) is 0. The lowest BCUT2D eigenvalue weighted by Gasteiger charge is -2.01. The van der Waals surface area contributed by atoms with Crippen LogP contribution in [0.1, 0.15) is 18.9 Å². The lowest BCUT2D eigenvalue weighted by molar-refractivity contribution is -0.134. The number of anilines is 1. The normalized spacial score (nSPS) is 10.4. The van der Waals surface area contributed by atoms with Crippen LogP contribution in [0.3, 0.4) is 0 Å². The van der Waals surface area contributed by atoms with Crippen molar-refractivity contribution < 1.29 is 15.0 Å². The molecule has 0 aliphatic carbocycles. The van der Waals surface area contributed by atoms with Crippen molar-refractivity contribution >= 4 is 44.2 Å². The number of hydrogen-bond donors (Lipinski definition) is 3. The monoisotopic (exact) mass is 305 g/mol. The molecule has 0 unspecified atom stereocenters. The minimum atomic E-state index is -0.833. The summed E-state index contributed by atoms with van der Waals surface area (Å²) in [6.45, 7) is 3.15. The summed E-state index contributed by atoms with van der Waals surface area (Å²) in [5.74, 6) is -0.210. The summed E-state index contributed by atoms with van der Waals surface area (Å²) in [5.41, 5.74) is 7.37. The number of carboxylic acids is 1. The van der Waals surface area contributed by atoms with Gasteiger partial charge in [0, 0.05) is 18.4 Å². The number of aliphatic carboxylic acids is 1. The Morgan fingerprint density at radius 1 is 1.38 bits per heavy atom. The van der Waals surface area contributed by atoms with Gasteiger partial charge in [-0.15, -0.1) is 11.3 Å². The minimum absolute atomic E-state index is 0.198. The number of carboxylic acid groups (broad SMARTS) is 1. The molecule has 21 heavy (non-hydrogen) atoms. The molecule has 1 aromatic carbocycles. The molecule has 0 atom stereocenters. The van der Waals surface area contributed by atoms with Crippen LogP contribution < -0.4 is 5.73 Å². The molecule has 7 heteroatoms. The van der Waals surface area contributed by atoms with Gasteiger partial charge < -0.3 is 15.9 Å². The zero-order valence-corrected chi connectivity index (χ0v) is 12.4. The van der Waals surface area contributed by atoms with Crippen LogP contribution in [-0.2, 0) is 11.2 Å². The van der Waals surface area contributed by atoms with Gasteiger partial charge in [-0.2, -0.15) is 0 Å². The molecular formula is C14H15N3O3S. The maximum atomic E-state index is 9.45. The number of hydrogen-bond acceptors (Lipinski definition) is 6. The zero-order chi connectivity index (χ0) is 15.6. The smallest absolute Gasteiger partial charge is 0.300 e. The number of fused-ring (bicyclic) bond motifs is 3. The average Bonchev–Trinajstić information content (AvgIpc) is 2.82. The first-order valence-electron chi connectivity index (χ1n) is 6.29. The predicted molar refractivity (Wildman–Crippen MR) is 83.7 cm³/mol. The number of nitrogen functional groups attached to an aromatic ring is 1. The van der Waals surface area contributed by atoms with Crippen LogP contribution in [0, 0.1) is 0 Å². The topological polar surface area (TPSA) is 109 Å². The number of nitrogens with two attached hydrogens (primary N) is 1. The highest BCUT2D eigenvalue weighted by Gasteiger charge is 2.11. The molecule has 6 nitrogen and oxygen atoms in total. The van der Waals surface area contributed by atoms with Crippen molar-refractivity contribution in [3.8, 4) is 5.75 Å². The highest BCUT2D eigenvalue weighted by molar-refractivity contribution is 7.19. The van der Waals surface area contributed by atoms with Crippen LogP contribution in [0.15, 0.2) is 18.2 Å². The third-order valence-corrected chi connectivity index (χ3v) is 3.92. The van der Waals surface area contributed by atoms with Crippen molar-refractivity contribution in [2.24, 2.45) is 0 Å². The van der Waals surface area contributed by atoms with Crippen LogP contribution in [0.2, 0.25) is 0 Å². The van der Waals surface area contributed by atoms with Gasteiger partial charge in [-0.3, -0.25) is 4.79 Å². The van der Waals surface area contributed by atoms with Gasteiger partial charge in [0.2, 0.25) is 0 Å². The van der Waals surface area contributed by atoms with Gasteiger partial charge in [0.15, 0.2) is 5.82 Å². The van der Waals surface area contributed by atoms with E-state index in [1.54, 1.807) is 23.5 Å². The number of nitrogens with zero attached hydrogens (tertiary/aromatic N) is 2. The summed E-state index contributed by atoms with van der Waals surface area (Å²) >= 11 is 1.63. The first-order valence-corrected chi connectivity index (χ1v) is 7.11. The Kier molecular flexibility index (Phi) is 4.23. The van der Waals surface area contributed by atoms with E-state index in [0.717, 1.165) is 34.0 Å². The molecule has 0 fully saturated rings. The van der Waals surface area contributed by atoms with Crippen LogP contribution >= 0.6 is 11.3 Å². The number of aromatic nitrogens is 2. The summed E-state index contributed by atoms with van der Waals surface area (Å²) in [6, 6.07) is 5.14. The lowest BCUT2D eigenvalue weighted by atomic mass is 10.2. The largest absolute Gasteiger partial charge is 0.508 e. The van der Waals surface area contributed by atoms with Gasteiger partial charge in [0.1, 0.15) is 11.3 Å². The van der Waals surface area contributed by atoms with Crippen molar-refractivity contribution in [1.82, 2.24) is 9.97 Å². The molecule has 3 rings (SSSR count). The third kappa shape index (κ3) is 3.19. The van der Waals surface area contributed by atoms with E-state index >= 15 is 0 Å². The molecular weight excluding hydrogens is 290 g/mol. The Morgan fingerprint density at radius 3 is 2.67 bits per heavy atom. The van der Waals surface area contributed by atoms with Gasteiger partial charge in [-0.1, -0.05) is 6.92 Å². The van der Waals surface area contributed by atoms with Crippen LogP contribution in [-0.4, -0.2) is 26.2 Å². The number of phenolic OH excluding ortho intramolecular Hbond substituents is 1. The molecule has 2 heterocycles. The van der Waals surface area contributed by atoms with Gasteiger partial charge in [0.25, 0.3) is 5.97 Å². The zero-order valence-electron chi connectivity index (χ0n) is 11.6. The van der Waals surface area contributed by atoms with Crippen molar-refractivity contribution in [1.29, 1.82) is 0 Å². The maximum Gasteiger partial charge on any atom is 0.300 e. The minimum Gasteiger partial charge on any atom is -0.508 e. The first-order chi connectivity index (χ1) is 9.92. The summed E-state index contributed by atoms with van der Waals surface area (Å²) < 4.78 is 1.05. The number of thiazole rings is 1. The molecule has 0 aliphatic heterocycles.